The molecule has 0 unspecified atom stereocenters. The molecule has 140 valence electrons. The number of carboxylic acid groups (broad SMARTS) is 1. The smallest absolute Gasteiger partial charge is 0.331 e. The third-order valence-electron chi connectivity index (χ3n) is 4.23. The summed E-state index contributed by atoms with van der Waals surface area (Å²) in [5, 5.41) is 11.5. The van der Waals surface area contributed by atoms with E-state index in [2.05, 4.69) is 12.2 Å². The Balaban J connectivity index is 3.83. The van der Waals surface area contributed by atoms with E-state index in [-0.39, 0.29) is 5.91 Å². The standard InChI is InChI=1S/C18H34N2O4/c1-4-5-6-7-8-9-10-11-12-13-15(21)20-14(2)16(22)18(3,19)17(23)24/h14H,4-13,19H2,1-3H3,(H,20,21)(H,23,24)/t14-,18+/m0/s1. The molecule has 0 heterocycles. The van der Waals surface area contributed by atoms with Crippen LogP contribution in [0.3, 0.4) is 0 Å². The van der Waals surface area contributed by atoms with E-state index in [9.17, 15) is 14.4 Å². The maximum Gasteiger partial charge on any atom is 0.331 e. The van der Waals surface area contributed by atoms with Crippen LogP contribution in [-0.4, -0.2) is 34.3 Å². The van der Waals surface area contributed by atoms with Crippen LogP contribution in [-0.2, 0) is 14.4 Å². The Morgan fingerprint density at radius 1 is 1.00 bits per heavy atom. The number of rotatable bonds is 14. The van der Waals surface area contributed by atoms with Gasteiger partial charge in [0.1, 0.15) is 0 Å². The van der Waals surface area contributed by atoms with Crippen LogP contribution in [0, 0.1) is 0 Å². The van der Waals surface area contributed by atoms with Gasteiger partial charge in [0, 0.05) is 6.42 Å². The minimum atomic E-state index is -1.98. The molecule has 0 aliphatic carbocycles. The second kappa shape index (κ2) is 12.0. The number of hydrogen-bond acceptors (Lipinski definition) is 4. The maximum atomic E-state index is 11.9. The highest BCUT2D eigenvalue weighted by Gasteiger charge is 2.39. The lowest BCUT2D eigenvalue weighted by Crippen LogP contribution is -2.58. The topological polar surface area (TPSA) is 109 Å². The van der Waals surface area contributed by atoms with Gasteiger partial charge in [0.2, 0.25) is 5.91 Å². The minimum absolute atomic E-state index is 0.236. The van der Waals surface area contributed by atoms with Gasteiger partial charge in [-0.15, -0.1) is 0 Å². The lowest BCUT2D eigenvalue weighted by molar-refractivity contribution is -0.148. The van der Waals surface area contributed by atoms with Crippen molar-refractivity contribution in [2.24, 2.45) is 5.73 Å². The van der Waals surface area contributed by atoms with Gasteiger partial charge in [-0.2, -0.15) is 0 Å². The number of Topliss-reactive ketones (excluding diaryl/α,β-unsaturated/α-hetero) is 1. The molecule has 6 nitrogen and oxygen atoms in total. The Morgan fingerprint density at radius 2 is 1.46 bits per heavy atom. The number of ketones is 1. The highest BCUT2D eigenvalue weighted by Crippen LogP contribution is 2.11. The Hall–Kier alpha value is -1.43. The van der Waals surface area contributed by atoms with Gasteiger partial charge in [-0.1, -0.05) is 58.3 Å². The Labute approximate surface area is 145 Å². The van der Waals surface area contributed by atoms with Crippen LogP contribution in [0.1, 0.15) is 85.0 Å². The molecule has 0 aromatic heterocycles. The van der Waals surface area contributed by atoms with Crippen molar-refractivity contribution in [1.29, 1.82) is 0 Å². The fraction of sp³-hybridized carbons (Fsp3) is 0.833. The zero-order chi connectivity index (χ0) is 18.6. The first-order chi connectivity index (χ1) is 11.2. The average Bonchev–Trinajstić information content (AvgIpc) is 2.52. The van der Waals surface area contributed by atoms with E-state index in [4.69, 9.17) is 10.8 Å². The van der Waals surface area contributed by atoms with Gasteiger partial charge >= 0.3 is 5.97 Å². The molecule has 0 fully saturated rings. The molecule has 4 N–H and O–H groups in total. The van der Waals surface area contributed by atoms with E-state index in [0.717, 1.165) is 26.2 Å². The maximum absolute atomic E-state index is 11.9. The van der Waals surface area contributed by atoms with Crippen LogP contribution in [0.15, 0.2) is 0 Å². The summed E-state index contributed by atoms with van der Waals surface area (Å²) in [5.41, 5.74) is 3.50. The molecule has 0 aliphatic heterocycles. The predicted octanol–water partition coefficient (Wildman–Crippen LogP) is 2.78. The second-order valence-electron chi connectivity index (χ2n) is 6.74. The fourth-order valence-electron chi connectivity index (χ4n) is 2.53. The van der Waals surface area contributed by atoms with E-state index >= 15 is 0 Å². The number of carbonyl (C=O) groups is 3. The monoisotopic (exact) mass is 342 g/mol. The quantitative estimate of drug-likeness (QED) is 0.332. The molecule has 0 rings (SSSR count). The van der Waals surface area contributed by atoms with Crippen LogP contribution < -0.4 is 11.1 Å². The van der Waals surface area contributed by atoms with Crippen molar-refractivity contribution in [1.82, 2.24) is 5.32 Å². The van der Waals surface area contributed by atoms with Gasteiger partial charge in [0.05, 0.1) is 6.04 Å². The van der Waals surface area contributed by atoms with Gasteiger partial charge in [0.15, 0.2) is 11.3 Å². The third-order valence-corrected chi connectivity index (χ3v) is 4.23. The van der Waals surface area contributed by atoms with Crippen molar-refractivity contribution >= 4 is 17.7 Å². The lowest BCUT2D eigenvalue weighted by Gasteiger charge is -2.22. The van der Waals surface area contributed by atoms with E-state index in [1.54, 1.807) is 0 Å². The second-order valence-corrected chi connectivity index (χ2v) is 6.74. The normalized spacial score (nSPS) is 14.7. The summed E-state index contributed by atoms with van der Waals surface area (Å²) in [6, 6.07) is -0.901. The number of nitrogens with one attached hydrogen (secondary N) is 1. The van der Waals surface area contributed by atoms with Gasteiger partial charge < -0.3 is 16.2 Å². The Morgan fingerprint density at radius 3 is 1.92 bits per heavy atom. The molecule has 0 radical (unpaired) electrons. The minimum Gasteiger partial charge on any atom is -0.480 e. The zero-order valence-electron chi connectivity index (χ0n) is 15.4. The summed E-state index contributed by atoms with van der Waals surface area (Å²) in [5.74, 6) is -2.33. The van der Waals surface area contributed by atoms with E-state index in [0.29, 0.717) is 6.42 Å². The summed E-state index contributed by atoms with van der Waals surface area (Å²) < 4.78 is 0. The summed E-state index contributed by atoms with van der Waals surface area (Å²) in [4.78, 5) is 34.7. The number of nitrogens with two attached hydrogens (primary N) is 1. The molecule has 0 aromatic carbocycles. The van der Waals surface area contributed by atoms with Crippen LogP contribution in [0.4, 0.5) is 0 Å². The fourth-order valence-corrected chi connectivity index (χ4v) is 2.53. The van der Waals surface area contributed by atoms with Crippen LogP contribution in [0.2, 0.25) is 0 Å². The summed E-state index contributed by atoms with van der Waals surface area (Å²) in [6.45, 7) is 4.81. The first-order valence-electron chi connectivity index (χ1n) is 9.09. The van der Waals surface area contributed by atoms with E-state index in [1.807, 2.05) is 0 Å². The summed E-state index contributed by atoms with van der Waals surface area (Å²) >= 11 is 0. The highest BCUT2D eigenvalue weighted by molar-refractivity contribution is 6.10. The number of carbonyl (C=O) groups excluding carboxylic acids is 2. The number of carboxylic acids is 1. The number of hydrogen-bond donors (Lipinski definition) is 3. The molecule has 2 atom stereocenters. The van der Waals surface area contributed by atoms with Crippen molar-refractivity contribution < 1.29 is 19.5 Å². The first kappa shape index (κ1) is 22.6. The third kappa shape index (κ3) is 9.01. The van der Waals surface area contributed by atoms with Gasteiger partial charge in [0.25, 0.3) is 0 Å². The highest BCUT2D eigenvalue weighted by atomic mass is 16.4. The number of aliphatic carboxylic acids is 1. The van der Waals surface area contributed by atoms with E-state index in [1.165, 1.54) is 45.4 Å². The zero-order valence-corrected chi connectivity index (χ0v) is 15.4. The summed E-state index contributed by atoms with van der Waals surface area (Å²) in [7, 11) is 0. The SMILES string of the molecule is CCCCCCCCCCCC(=O)N[C@@H](C)C(=O)[C@@](C)(N)C(=O)O. The molecular weight excluding hydrogens is 308 g/mol. The van der Waals surface area contributed by atoms with Crippen molar-refractivity contribution in [3.8, 4) is 0 Å². The molecule has 0 aromatic rings. The van der Waals surface area contributed by atoms with E-state index < -0.39 is 23.3 Å². The van der Waals surface area contributed by atoms with Crippen LogP contribution >= 0.6 is 0 Å². The van der Waals surface area contributed by atoms with Gasteiger partial charge in [-0.05, 0) is 20.3 Å². The predicted molar refractivity (Wildman–Crippen MR) is 94.7 cm³/mol. The molecule has 24 heavy (non-hydrogen) atoms. The molecule has 6 heteroatoms. The van der Waals surface area contributed by atoms with Crippen molar-refractivity contribution in [3.63, 3.8) is 0 Å². The molecular formula is C18H34N2O4. The Kier molecular flexibility index (Phi) is 11.3. The molecule has 0 bridgehead atoms. The number of amides is 1. The molecule has 0 spiro atoms. The lowest BCUT2D eigenvalue weighted by atomic mass is 9.93. The van der Waals surface area contributed by atoms with Gasteiger partial charge in [-0.3, -0.25) is 9.59 Å². The average molecular weight is 342 g/mol. The molecule has 0 aliphatic rings. The van der Waals surface area contributed by atoms with Crippen molar-refractivity contribution in [3.05, 3.63) is 0 Å². The molecule has 1 amide bonds. The van der Waals surface area contributed by atoms with Crippen molar-refractivity contribution in [2.45, 2.75) is 96.6 Å². The van der Waals surface area contributed by atoms with Crippen molar-refractivity contribution in [2.75, 3.05) is 0 Å². The van der Waals surface area contributed by atoms with Gasteiger partial charge in [-0.25, -0.2) is 4.79 Å². The van der Waals surface area contributed by atoms with Crippen LogP contribution in [0.25, 0.3) is 0 Å². The summed E-state index contributed by atoms with van der Waals surface area (Å²) in [6.07, 6.45) is 10.8. The Bertz CT molecular complexity index is 408. The number of unbranched alkanes of at least 4 members (excludes halogenated alkanes) is 8. The largest absolute Gasteiger partial charge is 0.480 e. The molecule has 0 saturated carbocycles. The molecule has 0 saturated heterocycles. The van der Waals surface area contributed by atoms with Crippen LogP contribution in [0.5, 0.6) is 0 Å². The first-order valence-corrected chi connectivity index (χ1v) is 9.09.